The van der Waals surface area contributed by atoms with E-state index in [1.807, 2.05) is 6.92 Å². The second-order valence-electron chi connectivity index (χ2n) is 4.44. The SMILES string of the molecule is Cc1ccc(S(=O)(=O)C(C#N)=Cn2ccc(=O)[nH]c2=S)cc1. The lowest BCUT2D eigenvalue weighted by Crippen LogP contribution is -2.10. The van der Waals surface area contributed by atoms with Crippen molar-refractivity contribution in [1.82, 2.24) is 9.55 Å². The first kappa shape index (κ1) is 15.9. The van der Waals surface area contributed by atoms with Gasteiger partial charge in [-0.05, 0) is 31.3 Å². The van der Waals surface area contributed by atoms with Crippen molar-refractivity contribution in [2.75, 3.05) is 0 Å². The van der Waals surface area contributed by atoms with Crippen molar-refractivity contribution in [3.05, 3.63) is 62.1 Å². The summed E-state index contributed by atoms with van der Waals surface area (Å²) < 4.78 is 26.1. The van der Waals surface area contributed by atoms with Crippen molar-refractivity contribution in [3.8, 4) is 6.07 Å². The van der Waals surface area contributed by atoms with Gasteiger partial charge in [0.2, 0.25) is 9.84 Å². The number of H-pyrrole nitrogens is 1. The molecule has 0 atom stereocenters. The number of hydrogen-bond acceptors (Lipinski definition) is 5. The van der Waals surface area contributed by atoms with Crippen molar-refractivity contribution in [2.24, 2.45) is 0 Å². The summed E-state index contributed by atoms with van der Waals surface area (Å²) in [5.41, 5.74) is 0.499. The van der Waals surface area contributed by atoms with Crippen LogP contribution in [0.15, 0.2) is 51.1 Å². The van der Waals surface area contributed by atoms with Gasteiger partial charge in [0, 0.05) is 18.5 Å². The minimum absolute atomic E-state index is 0.000596. The van der Waals surface area contributed by atoms with Crippen LogP contribution in [0.2, 0.25) is 0 Å². The van der Waals surface area contributed by atoms with E-state index in [0.29, 0.717) is 0 Å². The van der Waals surface area contributed by atoms with E-state index in [0.717, 1.165) is 11.8 Å². The molecule has 0 saturated carbocycles. The van der Waals surface area contributed by atoms with Crippen LogP contribution in [0, 0.1) is 23.0 Å². The van der Waals surface area contributed by atoms with E-state index in [-0.39, 0.29) is 9.67 Å². The summed E-state index contributed by atoms with van der Waals surface area (Å²) in [4.78, 5) is 13.0. The molecule has 6 nitrogen and oxygen atoms in total. The predicted octanol–water partition coefficient (Wildman–Crippen LogP) is 2.01. The van der Waals surface area contributed by atoms with Gasteiger partial charge in [-0.25, -0.2) is 8.42 Å². The summed E-state index contributed by atoms with van der Waals surface area (Å²) >= 11 is 4.92. The molecule has 22 heavy (non-hydrogen) atoms. The molecule has 2 rings (SSSR count). The molecule has 0 fully saturated rings. The normalized spacial score (nSPS) is 11.9. The average molecular weight is 333 g/mol. The first-order chi connectivity index (χ1) is 10.3. The van der Waals surface area contributed by atoms with Crippen molar-refractivity contribution in [3.63, 3.8) is 0 Å². The zero-order valence-electron chi connectivity index (χ0n) is 11.5. The fourth-order valence-electron chi connectivity index (χ4n) is 1.66. The second kappa shape index (κ2) is 6.09. The molecule has 0 spiro atoms. The number of aromatic amines is 1. The third kappa shape index (κ3) is 3.21. The summed E-state index contributed by atoms with van der Waals surface area (Å²) in [6.07, 6.45) is 2.37. The fourth-order valence-corrected chi connectivity index (χ4v) is 2.99. The van der Waals surface area contributed by atoms with Gasteiger partial charge in [-0.2, -0.15) is 5.26 Å². The number of nitriles is 1. The molecule has 8 heteroatoms. The van der Waals surface area contributed by atoms with Crippen LogP contribution in [0.25, 0.3) is 6.20 Å². The maximum absolute atomic E-state index is 12.4. The molecule has 0 aliphatic carbocycles. The standard InChI is InChI=1S/C14H11N3O3S2/c1-10-2-4-11(5-3-10)22(19,20)12(8-15)9-17-7-6-13(18)16-14(17)21/h2-7,9H,1H3,(H,16,18,21). The topological polar surface area (TPSA) is 95.7 Å². The zero-order valence-corrected chi connectivity index (χ0v) is 13.1. The molecule has 0 unspecified atom stereocenters. The number of rotatable bonds is 3. The van der Waals surface area contributed by atoms with Crippen LogP contribution in [0.3, 0.4) is 0 Å². The molecular formula is C14H11N3O3S2. The fraction of sp³-hybridized carbons (Fsp3) is 0.0714. The Kier molecular flexibility index (Phi) is 4.40. The molecule has 1 heterocycles. The first-order valence-corrected chi connectivity index (χ1v) is 7.99. The van der Waals surface area contributed by atoms with Crippen LogP contribution in [-0.2, 0) is 9.84 Å². The number of aromatic nitrogens is 2. The number of nitrogens with one attached hydrogen (secondary N) is 1. The largest absolute Gasteiger partial charge is 0.299 e. The molecule has 0 amide bonds. The highest BCUT2D eigenvalue weighted by Gasteiger charge is 2.20. The summed E-state index contributed by atoms with van der Waals surface area (Å²) in [6.45, 7) is 1.83. The van der Waals surface area contributed by atoms with Gasteiger partial charge in [-0.15, -0.1) is 0 Å². The maximum atomic E-state index is 12.4. The van der Waals surface area contributed by atoms with Crippen LogP contribution < -0.4 is 5.56 Å². The van der Waals surface area contributed by atoms with Gasteiger partial charge in [0.1, 0.15) is 6.07 Å². The molecule has 112 valence electrons. The Balaban J connectivity index is 2.58. The number of aryl methyl sites for hydroxylation is 1. The predicted molar refractivity (Wildman–Crippen MR) is 84.1 cm³/mol. The minimum atomic E-state index is -3.95. The molecule has 1 aromatic heterocycles. The van der Waals surface area contributed by atoms with E-state index in [4.69, 9.17) is 17.5 Å². The van der Waals surface area contributed by atoms with Crippen LogP contribution in [-0.4, -0.2) is 18.0 Å². The highest BCUT2D eigenvalue weighted by molar-refractivity contribution is 7.95. The summed E-state index contributed by atoms with van der Waals surface area (Å²) in [6, 6.07) is 9.00. The maximum Gasteiger partial charge on any atom is 0.251 e. The Bertz CT molecular complexity index is 991. The Hall–Kier alpha value is -2.50. The molecule has 2 aromatic rings. The van der Waals surface area contributed by atoms with Crippen LogP contribution in [0.4, 0.5) is 0 Å². The average Bonchev–Trinajstić information content (AvgIpc) is 2.46. The van der Waals surface area contributed by atoms with Gasteiger partial charge >= 0.3 is 0 Å². The van der Waals surface area contributed by atoms with Crippen LogP contribution in [0.1, 0.15) is 5.56 Å². The van der Waals surface area contributed by atoms with Gasteiger partial charge in [-0.1, -0.05) is 17.7 Å². The summed E-state index contributed by atoms with van der Waals surface area (Å²) in [7, 11) is -3.95. The molecule has 0 saturated heterocycles. The van der Waals surface area contributed by atoms with Crippen molar-refractivity contribution in [1.29, 1.82) is 5.26 Å². The Morgan fingerprint density at radius 2 is 1.95 bits per heavy atom. The highest BCUT2D eigenvalue weighted by atomic mass is 32.2. The van der Waals surface area contributed by atoms with Crippen LogP contribution in [0.5, 0.6) is 0 Å². The van der Waals surface area contributed by atoms with E-state index in [1.54, 1.807) is 18.2 Å². The van der Waals surface area contributed by atoms with Gasteiger partial charge < -0.3 is 0 Å². The number of nitrogens with zero attached hydrogens (tertiary/aromatic N) is 2. The number of hydrogen-bond donors (Lipinski definition) is 1. The van der Waals surface area contributed by atoms with Gasteiger partial charge in [0.05, 0.1) is 4.90 Å². The third-order valence-electron chi connectivity index (χ3n) is 2.84. The Morgan fingerprint density at radius 3 is 2.50 bits per heavy atom. The van der Waals surface area contributed by atoms with Crippen LogP contribution >= 0.6 is 12.2 Å². The van der Waals surface area contributed by atoms with Crippen molar-refractivity contribution in [2.45, 2.75) is 11.8 Å². The molecule has 0 aliphatic rings. The van der Waals surface area contributed by atoms with E-state index in [1.165, 1.54) is 29.0 Å². The second-order valence-corrected chi connectivity index (χ2v) is 6.74. The van der Waals surface area contributed by atoms with E-state index in [9.17, 15) is 13.2 Å². The van der Waals surface area contributed by atoms with E-state index >= 15 is 0 Å². The quantitative estimate of drug-likeness (QED) is 0.685. The third-order valence-corrected chi connectivity index (χ3v) is 4.82. The lowest BCUT2D eigenvalue weighted by atomic mass is 10.2. The molecule has 0 bridgehead atoms. The summed E-state index contributed by atoms with van der Waals surface area (Å²) in [5.74, 6) is 0. The number of benzene rings is 1. The van der Waals surface area contributed by atoms with Crippen molar-refractivity contribution >= 4 is 28.3 Å². The molecule has 1 N–H and O–H groups in total. The molecule has 1 aromatic carbocycles. The zero-order chi connectivity index (χ0) is 16.3. The lowest BCUT2D eigenvalue weighted by molar-refractivity contribution is 0.603. The van der Waals surface area contributed by atoms with E-state index in [2.05, 4.69) is 4.98 Å². The monoisotopic (exact) mass is 333 g/mol. The lowest BCUT2D eigenvalue weighted by Gasteiger charge is -2.05. The highest BCUT2D eigenvalue weighted by Crippen LogP contribution is 2.19. The summed E-state index contributed by atoms with van der Waals surface area (Å²) in [5, 5.41) is 9.17. The van der Waals surface area contributed by atoms with E-state index < -0.39 is 20.3 Å². The minimum Gasteiger partial charge on any atom is -0.299 e. The molecule has 0 aliphatic heterocycles. The molecule has 0 radical (unpaired) electrons. The molecular weight excluding hydrogens is 322 g/mol. The Morgan fingerprint density at radius 1 is 1.32 bits per heavy atom. The number of sulfone groups is 1. The Labute approximate surface area is 131 Å². The smallest absolute Gasteiger partial charge is 0.251 e. The first-order valence-electron chi connectivity index (χ1n) is 6.10. The van der Waals surface area contributed by atoms with Gasteiger partial charge in [-0.3, -0.25) is 14.3 Å². The number of allylic oxidation sites excluding steroid dienone is 1. The van der Waals surface area contributed by atoms with Gasteiger partial charge in [0.15, 0.2) is 9.68 Å². The van der Waals surface area contributed by atoms with Crippen molar-refractivity contribution < 1.29 is 8.42 Å². The van der Waals surface area contributed by atoms with Gasteiger partial charge in [0.25, 0.3) is 5.56 Å².